The van der Waals surface area contributed by atoms with Gasteiger partial charge in [0, 0.05) is 10.9 Å². The first kappa shape index (κ1) is 15.6. The van der Waals surface area contributed by atoms with Crippen LogP contribution in [-0.4, -0.2) is 18.6 Å². The molecule has 0 spiro atoms. The molecule has 21 heavy (non-hydrogen) atoms. The number of furan rings is 1. The molecule has 0 aliphatic carbocycles. The Bertz CT molecular complexity index is 643. The Labute approximate surface area is 125 Å². The van der Waals surface area contributed by atoms with E-state index < -0.39 is 5.54 Å². The average Bonchev–Trinajstić information content (AvgIpc) is 2.84. The summed E-state index contributed by atoms with van der Waals surface area (Å²) in [6, 6.07) is 7.93. The van der Waals surface area contributed by atoms with Gasteiger partial charge in [0.25, 0.3) is 0 Å². The van der Waals surface area contributed by atoms with Gasteiger partial charge in [-0.3, -0.25) is 10.1 Å². The molecule has 0 saturated heterocycles. The van der Waals surface area contributed by atoms with Gasteiger partial charge in [-0.15, -0.1) is 0 Å². The van der Waals surface area contributed by atoms with Crippen LogP contribution in [0, 0.1) is 0 Å². The molecule has 0 radical (unpaired) electrons. The summed E-state index contributed by atoms with van der Waals surface area (Å²) in [5.74, 6) is 0.596. The van der Waals surface area contributed by atoms with Crippen LogP contribution in [-0.2, 0) is 16.0 Å². The number of para-hydroxylation sites is 1. The van der Waals surface area contributed by atoms with Crippen LogP contribution < -0.4 is 5.32 Å². The van der Waals surface area contributed by atoms with Gasteiger partial charge in [0.05, 0.1) is 13.2 Å². The van der Waals surface area contributed by atoms with Crippen molar-refractivity contribution in [2.75, 3.05) is 7.11 Å². The molecule has 4 heteroatoms. The number of aryl methyl sites for hydroxylation is 1. The largest absolute Gasteiger partial charge is 0.468 e. The van der Waals surface area contributed by atoms with Crippen LogP contribution in [0.25, 0.3) is 11.0 Å². The van der Waals surface area contributed by atoms with Gasteiger partial charge in [-0.2, -0.15) is 0 Å². The molecule has 1 aromatic heterocycles. The van der Waals surface area contributed by atoms with E-state index in [1.165, 1.54) is 12.7 Å². The van der Waals surface area contributed by atoms with Gasteiger partial charge in [-0.25, -0.2) is 0 Å². The van der Waals surface area contributed by atoms with E-state index in [-0.39, 0.29) is 12.0 Å². The molecule has 0 aliphatic heterocycles. The molecule has 0 fully saturated rings. The van der Waals surface area contributed by atoms with Crippen molar-refractivity contribution in [3.8, 4) is 0 Å². The van der Waals surface area contributed by atoms with Gasteiger partial charge in [0.15, 0.2) is 0 Å². The van der Waals surface area contributed by atoms with Crippen molar-refractivity contribution >= 4 is 16.9 Å². The molecule has 1 aromatic carbocycles. The predicted molar refractivity (Wildman–Crippen MR) is 83.2 cm³/mol. The highest BCUT2D eigenvalue weighted by atomic mass is 16.5. The van der Waals surface area contributed by atoms with E-state index >= 15 is 0 Å². The fraction of sp³-hybridized carbons (Fsp3) is 0.471. The van der Waals surface area contributed by atoms with E-state index in [9.17, 15) is 4.79 Å². The Balaban J connectivity index is 2.35. The van der Waals surface area contributed by atoms with Crippen molar-refractivity contribution in [2.45, 2.75) is 45.7 Å². The molecule has 0 amide bonds. The van der Waals surface area contributed by atoms with E-state index in [1.807, 2.05) is 39.0 Å². The number of carbonyl (C=O) groups excluding carboxylic acids is 1. The molecule has 0 bridgehead atoms. The quantitative estimate of drug-likeness (QED) is 0.854. The first-order valence-corrected chi connectivity index (χ1v) is 7.27. The molecular formula is C17H23NO3. The maximum absolute atomic E-state index is 11.8. The fourth-order valence-corrected chi connectivity index (χ4v) is 2.75. The Morgan fingerprint density at radius 3 is 2.67 bits per heavy atom. The van der Waals surface area contributed by atoms with Crippen LogP contribution in [0.2, 0.25) is 0 Å². The fourth-order valence-electron chi connectivity index (χ4n) is 2.75. The lowest BCUT2D eigenvalue weighted by Gasteiger charge is -2.27. The third-order valence-electron chi connectivity index (χ3n) is 3.75. The molecular weight excluding hydrogens is 266 g/mol. The van der Waals surface area contributed by atoms with Crippen molar-refractivity contribution in [1.82, 2.24) is 5.32 Å². The number of carbonyl (C=O) groups is 1. The number of esters is 1. The molecule has 0 aliphatic rings. The number of hydrogen-bond donors (Lipinski definition) is 1. The second-order valence-corrected chi connectivity index (χ2v) is 5.78. The van der Waals surface area contributed by atoms with E-state index in [4.69, 9.17) is 9.15 Å². The molecule has 2 aromatic rings. The summed E-state index contributed by atoms with van der Waals surface area (Å²) in [4.78, 5) is 11.8. The zero-order chi connectivity index (χ0) is 15.6. The van der Waals surface area contributed by atoms with Crippen LogP contribution in [0.4, 0.5) is 0 Å². The highest BCUT2D eigenvalue weighted by Gasteiger charge is 2.32. The summed E-state index contributed by atoms with van der Waals surface area (Å²) in [5, 5.41) is 4.43. The smallest absolute Gasteiger partial charge is 0.325 e. The van der Waals surface area contributed by atoms with Crippen molar-refractivity contribution in [3.05, 3.63) is 35.6 Å². The van der Waals surface area contributed by atoms with Crippen LogP contribution in [0.15, 0.2) is 28.7 Å². The van der Waals surface area contributed by atoms with Gasteiger partial charge < -0.3 is 9.15 Å². The summed E-state index contributed by atoms with van der Waals surface area (Å²) < 4.78 is 10.8. The zero-order valence-electron chi connectivity index (χ0n) is 13.3. The summed E-state index contributed by atoms with van der Waals surface area (Å²) in [7, 11) is 1.40. The minimum Gasteiger partial charge on any atom is -0.468 e. The highest BCUT2D eigenvalue weighted by molar-refractivity contribution is 5.82. The third kappa shape index (κ3) is 2.95. The number of rotatable bonds is 5. The summed E-state index contributed by atoms with van der Waals surface area (Å²) in [6.07, 6.45) is 0.886. The van der Waals surface area contributed by atoms with E-state index in [2.05, 4.69) is 18.3 Å². The number of methoxy groups -OCH3 is 1. The standard InChI is InChI=1S/C17H23NO3/c1-6-12-13-9-7-8-10-14(13)21-15(12)11(2)18-17(3,4)16(19)20-5/h7-11,18H,6H2,1-5H3. The Kier molecular flexibility index (Phi) is 4.37. The van der Waals surface area contributed by atoms with Crippen LogP contribution in [0.3, 0.4) is 0 Å². The van der Waals surface area contributed by atoms with Crippen LogP contribution in [0.5, 0.6) is 0 Å². The van der Waals surface area contributed by atoms with Crippen molar-refractivity contribution in [2.24, 2.45) is 0 Å². The Morgan fingerprint density at radius 2 is 2.05 bits per heavy atom. The van der Waals surface area contributed by atoms with Crippen LogP contribution >= 0.6 is 0 Å². The number of ether oxygens (including phenoxy) is 1. The van der Waals surface area contributed by atoms with Gasteiger partial charge in [-0.1, -0.05) is 25.1 Å². The van der Waals surface area contributed by atoms with Gasteiger partial charge >= 0.3 is 5.97 Å². The molecule has 114 valence electrons. The second kappa shape index (κ2) is 5.90. The SMILES string of the molecule is CCc1c(C(C)NC(C)(C)C(=O)OC)oc2ccccc12. The molecule has 4 nitrogen and oxygen atoms in total. The molecule has 1 N–H and O–H groups in total. The van der Waals surface area contributed by atoms with Crippen molar-refractivity contribution in [3.63, 3.8) is 0 Å². The number of fused-ring (bicyclic) bond motifs is 1. The van der Waals surface area contributed by atoms with Gasteiger partial charge in [-0.05, 0) is 33.3 Å². The normalized spacial score (nSPS) is 13.4. The maximum atomic E-state index is 11.8. The van der Waals surface area contributed by atoms with Crippen molar-refractivity contribution in [1.29, 1.82) is 0 Å². The monoisotopic (exact) mass is 289 g/mol. The van der Waals surface area contributed by atoms with Crippen LogP contribution in [0.1, 0.15) is 45.1 Å². The summed E-state index contributed by atoms with van der Waals surface area (Å²) in [6.45, 7) is 7.73. The Morgan fingerprint density at radius 1 is 1.38 bits per heavy atom. The van der Waals surface area contributed by atoms with Gasteiger partial charge in [0.2, 0.25) is 0 Å². The summed E-state index contributed by atoms with van der Waals surface area (Å²) >= 11 is 0. The van der Waals surface area contributed by atoms with E-state index in [1.54, 1.807) is 0 Å². The molecule has 1 heterocycles. The van der Waals surface area contributed by atoms with Crippen molar-refractivity contribution < 1.29 is 13.9 Å². The number of hydrogen-bond acceptors (Lipinski definition) is 4. The topological polar surface area (TPSA) is 51.5 Å². The predicted octanol–water partition coefficient (Wildman–Crippen LogP) is 3.60. The lowest BCUT2D eigenvalue weighted by molar-refractivity contribution is -0.147. The Hall–Kier alpha value is -1.81. The minimum absolute atomic E-state index is 0.0820. The molecule has 2 rings (SSSR count). The first-order valence-electron chi connectivity index (χ1n) is 7.27. The van der Waals surface area contributed by atoms with E-state index in [0.717, 1.165) is 23.2 Å². The first-order chi connectivity index (χ1) is 9.90. The van der Waals surface area contributed by atoms with Gasteiger partial charge in [0.1, 0.15) is 16.9 Å². The van der Waals surface area contributed by atoms with E-state index in [0.29, 0.717) is 0 Å². The molecule has 1 unspecified atom stereocenters. The highest BCUT2D eigenvalue weighted by Crippen LogP contribution is 2.31. The summed E-state index contributed by atoms with van der Waals surface area (Å²) in [5.41, 5.74) is 1.30. The minimum atomic E-state index is -0.766. The third-order valence-corrected chi connectivity index (χ3v) is 3.75. The average molecular weight is 289 g/mol. The maximum Gasteiger partial charge on any atom is 0.325 e. The zero-order valence-corrected chi connectivity index (χ0v) is 13.3. The number of nitrogens with one attached hydrogen (secondary N) is 1. The number of benzene rings is 1. The lowest BCUT2D eigenvalue weighted by atomic mass is 10.0. The second-order valence-electron chi connectivity index (χ2n) is 5.78. The molecule has 0 saturated carbocycles. The molecule has 1 atom stereocenters. The lowest BCUT2D eigenvalue weighted by Crippen LogP contribution is -2.48.